The van der Waals surface area contributed by atoms with E-state index in [1.807, 2.05) is 66.5 Å². The zero-order valence-electron chi connectivity index (χ0n) is 17.9. The Hall–Kier alpha value is -2.37. The van der Waals surface area contributed by atoms with E-state index in [2.05, 4.69) is 12.2 Å². The summed E-state index contributed by atoms with van der Waals surface area (Å²) in [5.41, 5.74) is 1.97. The summed E-state index contributed by atoms with van der Waals surface area (Å²) in [6.07, 6.45) is 2.94. The molecule has 0 saturated heterocycles. The van der Waals surface area contributed by atoms with Crippen LogP contribution in [-0.2, 0) is 9.53 Å². The van der Waals surface area contributed by atoms with Crippen molar-refractivity contribution in [3.8, 4) is 0 Å². The van der Waals surface area contributed by atoms with E-state index in [9.17, 15) is 4.79 Å². The van der Waals surface area contributed by atoms with Crippen molar-refractivity contribution in [2.45, 2.75) is 38.6 Å². The van der Waals surface area contributed by atoms with Gasteiger partial charge in [-0.25, -0.2) is 5.01 Å². The molecule has 0 radical (unpaired) electrons. The lowest BCUT2D eigenvalue weighted by molar-refractivity contribution is -0.127. The van der Waals surface area contributed by atoms with Crippen LogP contribution in [0.3, 0.4) is 0 Å². The maximum absolute atomic E-state index is 13.5. The van der Waals surface area contributed by atoms with Crippen molar-refractivity contribution in [3.63, 3.8) is 0 Å². The average Bonchev–Trinajstić information content (AvgIpc) is 3.07. The Kier molecular flexibility index (Phi) is 7.51. The predicted octanol–water partition coefficient (Wildman–Crippen LogP) is 4.89. The van der Waals surface area contributed by atoms with Gasteiger partial charge in [0.05, 0.1) is 18.0 Å². The summed E-state index contributed by atoms with van der Waals surface area (Å²) in [5.74, 6) is -0.0985. The van der Waals surface area contributed by atoms with E-state index in [1.54, 1.807) is 7.11 Å². The zero-order valence-corrected chi connectivity index (χ0v) is 18.7. The maximum atomic E-state index is 13.5. The molecular formula is C24H30ClN3O2. The number of hydrogen-bond donors (Lipinski definition) is 1. The van der Waals surface area contributed by atoms with Gasteiger partial charge in [0, 0.05) is 24.6 Å². The second-order valence-corrected chi connectivity index (χ2v) is 8.17. The minimum Gasteiger partial charge on any atom is -0.383 e. The Bertz CT molecular complexity index is 870. The summed E-state index contributed by atoms with van der Waals surface area (Å²) in [7, 11) is 1.63. The molecule has 0 fully saturated rings. The molecule has 0 aliphatic carbocycles. The number of unbranched alkanes of at least 4 members (excludes halogenated alkanes) is 1. The molecule has 1 aliphatic rings. The lowest BCUT2D eigenvalue weighted by Crippen LogP contribution is -2.58. The number of nitrogens with one attached hydrogen (secondary N) is 1. The molecule has 5 nitrogen and oxygen atoms in total. The molecule has 1 heterocycles. The van der Waals surface area contributed by atoms with Gasteiger partial charge in [-0.1, -0.05) is 61.7 Å². The first kappa shape index (κ1) is 22.3. The van der Waals surface area contributed by atoms with Crippen molar-refractivity contribution in [1.29, 1.82) is 0 Å². The molecule has 0 aromatic heterocycles. The Balaban J connectivity index is 2.07. The summed E-state index contributed by atoms with van der Waals surface area (Å²) in [4.78, 5) is 13.5. The fraction of sp³-hybridized carbons (Fsp3) is 0.417. The van der Waals surface area contributed by atoms with Gasteiger partial charge in [-0.05, 0) is 43.2 Å². The average molecular weight is 428 g/mol. The Labute approximate surface area is 184 Å². The quantitative estimate of drug-likeness (QED) is 0.579. The molecule has 1 N–H and O–H groups in total. The van der Waals surface area contributed by atoms with E-state index in [-0.39, 0.29) is 11.8 Å². The van der Waals surface area contributed by atoms with Gasteiger partial charge >= 0.3 is 0 Å². The highest BCUT2D eigenvalue weighted by Crippen LogP contribution is 2.41. The molecule has 0 saturated carbocycles. The smallest absolute Gasteiger partial charge is 0.248 e. The van der Waals surface area contributed by atoms with Crippen molar-refractivity contribution in [2.24, 2.45) is 11.0 Å². The van der Waals surface area contributed by atoms with Gasteiger partial charge in [0.2, 0.25) is 5.91 Å². The molecule has 2 atom stereocenters. The number of methoxy groups -OCH3 is 1. The highest BCUT2D eigenvalue weighted by molar-refractivity contribution is 6.30. The highest BCUT2D eigenvalue weighted by atomic mass is 35.5. The van der Waals surface area contributed by atoms with Crippen molar-refractivity contribution < 1.29 is 9.53 Å². The van der Waals surface area contributed by atoms with E-state index >= 15 is 0 Å². The number of anilines is 1. The third kappa shape index (κ3) is 4.52. The normalized spacial score (nSPS) is 20.9. The number of carbonyl (C=O) groups excluding carboxylic acids is 1. The van der Waals surface area contributed by atoms with Crippen LogP contribution < -0.4 is 10.3 Å². The minimum absolute atomic E-state index is 0.0442. The molecule has 160 valence electrons. The number of hydrogen-bond acceptors (Lipinski definition) is 4. The Morgan fingerprint density at radius 2 is 1.90 bits per heavy atom. The van der Waals surface area contributed by atoms with Gasteiger partial charge in [0.1, 0.15) is 5.54 Å². The Morgan fingerprint density at radius 3 is 2.53 bits per heavy atom. The number of ether oxygens (including phenoxy) is 1. The second kappa shape index (κ2) is 10.1. The molecule has 6 heteroatoms. The topological polar surface area (TPSA) is 53.9 Å². The van der Waals surface area contributed by atoms with Gasteiger partial charge in [0.25, 0.3) is 0 Å². The van der Waals surface area contributed by atoms with E-state index in [1.165, 1.54) is 0 Å². The highest BCUT2D eigenvalue weighted by Gasteiger charge is 2.53. The summed E-state index contributed by atoms with van der Waals surface area (Å²) < 4.78 is 5.12. The fourth-order valence-electron chi connectivity index (χ4n) is 4.00. The molecule has 2 unspecified atom stereocenters. The van der Waals surface area contributed by atoms with Crippen LogP contribution in [0.15, 0.2) is 59.7 Å². The monoisotopic (exact) mass is 427 g/mol. The number of amides is 1. The third-order valence-corrected chi connectivity index (χ3v) is 5.95. The maximum Gasteiger partial charge on any atom is 0.248 e. The van der Waals surface area contributed by atoms with E-state index in [0.29, 0.717) is 18.2 Å². The van der Waals surface area contributed by atoms with Crippen molar-refractivity contribution in [2.75, 3.05) is 25.3 Å². The molecule has 30 heavy (non-hydrogen) atoms. The van der Waals surface area contributed by atoms with Crippen LogP contribution in [0.4, 0.5) is 5.69 Å². The standard InChI is InChI=1S/C24H30ClN3O2/c1-4-5-11-21-22(18-12-14-19(25)15-13-18)27-28(20-9-7-6-8-10-20)24(21,2)23(29)26-16-17-30-3/h6-10,12-15,21H,4-5,11,16-17H2,1-3H3,(H,26,29). The summed E-state index contributed by atoms with van der Waals surface area (Å²) in [6, 6.07) is 17.6. The Morgan fingerprint density at radius 1 is 1.20 bits per heavy atom. The van der Waals surface area contributed by atoms with E-state index < -0.39 is 5.54 Å². The largest absolute Gasteiger partial charge is 0.383 e. The number of rotatable bonds is 9. The second-order valence-electron chi connectivity index (χ2n) is 7.73. The molecule has 0 bridgehead atoms. The van der Waals surface area contributed by atoms with Crippen LogP contribution in [0.25, 0.3) is 0 Å². The van der Waals surface area contributed by atoms with Gasteiger partial charge in [-0.3, -0.25) is 4.79 Å². The zero-order chi connectivity index (χ0) is 21.6. The SMILES string of the molecule is CCCCC1C(c2ccc(Cl)cc2)=NN(c2ccccc2)C1(C)C(=O)NCCOC. The first-order valence-corrected chi connectivity index (χ1v) is 10.9. The molecule has 2 aromatic rings. The van der Waals surface area contributed by atoms with Crippen LogP contribution in [-0.4, -0.2) is 37.4 Å². The first-order chi connectivity index (χ1) is 14.5. The van der Waals surface area contributed by atoms with Crippen molar-refractivity contribution in [1.82, 2.24) is 5.32 Å². The van der Waals surface area contributed by atoms with Gasteiger partial charge in [-0.15, -0.1) is 0 Å². The predicted molar refractivity (Wildman–Crippen MR) is 123 cm³/mol. The first-order valence-electron chi connectivity index (χ1n) is 10.5. The van der Waals surface area contributed by atoms with E-state index in [0.717, 1.165) is 36.2 Å². The minimum atomic E-state index is -0.848. The summed E-state index contributed by atoms with van der Waals surface area (Å²) >= 11 is 6.11. The van der Waals surface area contributed by atoms with Crippen molar-refractivity contribution in [3.05, 3.63) is 65.2 Å². The molecule has 2 aromatic carbocycles. The molecule has 3 rings (SSSR count). The summed E-state index contributed by atoms with van der Waals surface area (Å²) in [5, 5.41) is 10.6. The van der Waals surface area contributed by atoms with Gasteiger partial charge in [0.15, 0.2) is 0 Å². The van der Waals surface area contributed by atoms with Gasteiger partial charge < -0.3 is 10.1 Å². The number of nitrogens with zero attached hydrogens (tertiary/aromatic N) is 2. The van der Waals surface area contributed by atoms with E-state index in [4.69, 9.17) is 21.4 Å². The van der Waals surface area contributed by atoms with Crippen LogP contribution in [0.2, 0.25) is 5.02 Å². The number of benzene rings is 2. The van der Waals surface area contributed by atoms with Crippen molar-refractivity contribution >= 4 is 28.9 Å². The van der Waals surface area contributed by atoms with Crippen LogP contribution in [0.1, 0.15) is 38.7 Å². The molecular weight excluding hydrogens is 398 g/mol. The molecule has 1 aliphatic heterocycles. The molecule has 1 amide bonds. The fourth-order valence-corrected chi connectivity index (χ4v) is 4.12. The number of para-hydroxylation sites is 1. The lowest BCUT2D eigenvalue weighted by atomic mass is 9.77. The lowest BCUT2D eigenvalue weighted by Gasteiger charge is -2.37. The number of hydrazone groups is 1. The van der Waals surface area contributed by atoms with Gasteiger partial charge in [-0.2, -0.15) is 5.10 Å². The van der Waals surface area contributed by atoms with Crippen LogP contribution in [0.5, 0.6) is 0 Å². The summed E-state index contributed by atoms with van der Waals surface area (Å²) in [6.45, 7) is 5.09. The molecule has 0 spiro atoms. The van der Waals surface area contributed by atoms with Crippen LogP contribution >= 0.6 is 11.6 Å². The third-order valence-electron chi connectivity index (χ3n) is 5.69. The number of halogens is 1. The number of carbonyl (C=O) groups is 1. The van der Waals surface area contributed by atoms with Crippen LogP contribution in [0, 0.1) is 5.92 Å².